The summed E-state index contributed by atoms with van der Waals surface area (Å²) in [6.07, 6.45) is -0.254. The van der Waals surface area contributed by atoms with Gasteiger partial charge in [0.1, 0.15) is 6.04 Å². The summed E-state index contributed by atoms with van der Waals surface area (Å²) in [5.74, 6) is 10.5. The summed E-state index contributed by atoms with van der Waals surface area (Å²) in [6.45, 7) is 3.85. The van der Waals surface area contributed by atoms with Gasteiger partial charge >= 0.3 is 12.0 Å². The first kappa shape index (κ1) is 31.3. The molecule has 7 N–H and O–H groups in total. The molecule has 3 amide bonds. The number of nitrogens with two attached hydrogens (primary N) is 2. The molecule has 1 heterocycles. The Hall–Kier alpha value is -4.65. The molecule has 4 rings (SSSR count). The first-order valence-corrected chi connectivity index (χ1v) is 13.8. The highest BCUT2D eigenvalue weighted by Gasteiger charge is 2.31. The molecule has 0 saturated carbocycles. The van der Waals surface area contributed by atoms with Gasteiger partial charge in [0.15, 0.2) is 5.78 Å². The lowest BCUT2D eigenvalue weighted by atomic mass is 9.93. The number of amides is 3. The molecule has 0 spiro atoms. The maximum atomic E-state index is 13.3. The topological polar surface area (TPSA) is 174 Å². The number of carboxylic acids is 1. The van der Waals surface area contributed by atoms with Crippen molar-refractivity contribution in [2.75, 3.05) is 27.7 Å². The number of carbonyl (C=O) groups excluding carboxylic acids is 3. The zero-order chi connectivity index (χ0) is 31.5. The number of hydrazine groups is 2. The van der Waals surface area contributed by atoms with Gasteiger partial charge in [-0.3, -0.25) is 14.4 Å². The van der Waals surface area contributed by atoms with Crippen molar-refractivity contribution in [1.29, 1.82) is 0 Å². The van der Waals surface area contributed by atoms with E-state index in [1.54, 1.807) is 75.5 Å². The smallest absolute Gasteiger partial charge is 0.357 e. The van der Waals surface area contributed by atoms with Gasteiger partial charge in [-0.25, -0.2) is 26.5 Å². The zero-order valence-electron chi connectivity index (χ0n) is 24.0. The summed E-state index contributed by atoms with van der Waals surface area (Å²) in [5, 5.41) is 17.6. The van der Waals surface area contributed by atoms with E-state index in [-0.39, 0.29) is 24.5 Å². The predicted octanol–water partition coefficient (Wildman–Crippen LogP) is 3.75. The number of hydrogen-bond donors (Lipinski definition) is 5. The first-order valence-electron chi connectivity index (χ1n) is 13.4. The van der Waals surface area contributed by atoms with Crippen LogP contribution < -0.4 is 32.3 Å². The molecule has 43 heavy (non-hydrogen) atoms. The minimum Gasteiger partial charge on any atom is -0.481 e. The maximum Gasteiger partial charge on any atom is 0.357 e. The number of anilines is 4. The van der Waals surface area contributed by atoms with Crippen molar-refractivity contribution >= 4 is 58.0 Å². The summed E-state index contributed by atoms with van der Waals surface area (Å²) in [4.78, 5) is 51.5. The number of nitrogens with zero attached hydrogens (tertiary/aromatic N) is 3. The van der Waals surface area contributed by atoms with Gasteiger partial charge in [-0.05, 0) is 61.4 Å². The highest BCUT2D eigenvalue weighted by Crippen LogP contribution is 2.29. The number of benzene rings is 3. The minimum absolute atomic E-state index is 0.102. The standard InChI is InChI=1S/C30H34ClN7O5/c1-30(2,35-20-11-10-19-17-36(3)28(42)24(16-27(40)41)34-23(19)15-20)26(39)14-18-8-12-21(13-9-18)37(32)29(43)38(33)25-7-5-4-6-22(25)31/h4-13,15,24,34-35H,14,16-17,32-33H2,1-3H3,(H,40,41). The second-order valence-electron chi connectivity index (χ2n) is 10.9. The second-order valence-corrected chi connectivity index (χ2v) is 11.3. The van der Waals surface area contributed by atoms with Crippen molar-refractivity contribution in [1.82, 2.24) is 4.90 Å². The Kier molecular flexibility index (Phi) is 9.24. The van der Waals surface area contributed by atoms with E-state index in [4.69, 9.17) is 23.3 Å². The molecule has 0 aliphatic carbocycles. The molecule has 0 bridgehead atoms. The lowest BCUT2D eigenvalue weighted by Gasteiger charge is -2.27. The second kappa shape index (κ2) is 12.7. The van der Waals surface area contributed by atoms with Crippen molar-refractivity contribution in [2.24, 2.45) is 11.7 Å². The number of Topliss-reactive ketones (excluding diaryl/α,β-unsaturated/α-hetero) is 1. The summed E-state index contributed by atoms with van der Waals surface area (Å²) in [7, 11) is 1.63. The molecule has 1 aliphatic heterocycles. The number of aliphatic carboxylic acids is 1. The zero-order valence-corrected chi connectivity index (χ0v) is 24.8. The van der Waals surface area contributed by atoms with Gasteiger partial charge in [0, 0.05) is 31.4 Å². The van der Waals surface area contributed by atoms with Crippen LogP contribution in [0.1, 0.15) is 31.4 Å². The third-order valence-corrected chi connectivity index (χ3v) is 7.48. The van der Waals surface area contributed by atoms with E-state index < -0.39 is 23.6 Å². The third kappa shape index (κ3) is 7.23. The van der Waals surface area contributed by atoms with E-state index >= 15 is 0 Å². The van der Waals surface area contributed by atoms with Gasteiger partial charge < -0.3 is 20.6 Å². The lowest BCUT2D eigenvalue weighted by molar-refractivity contribution is -0.141. The molecule has 13 heteroatoms. The SMILES string of the molecule is CN1Cc2ccc(NC(C)(C)C(=O)Cc3ccc(N(N)C(=O)N(N)c4ccccc4Cl)cc3)cc2NC(CC(=O)O)C1=O. The largest absolute Gasteiger partial charge is 0.481 e. The molecular weight excluding hydrogens is 574 g/mol. The normalized spacial score (nSPS) is 14.7. The fourth-order valence-electron chi connectivity index (χ4n) is 4.68. The van der Waals surface area contributed by atoms with Crippen molar-refractivity contribution in [3.8, 4) is 0 Å². The molecule has 12 nitrogen and oxygen atoms in total. The monoisotopic (exact) mass is 607 g/mol. The van der Waals surface area contributed by atoms with Crippen LogP contribution in [0.15, 0.2) is 66.7 Å². The minimum atomic E-state index is -1.08. The molecule has 0 fully saturated rings. The van der Waals surface area contributed by atoms with E-state index in [0.717, 1.165) is 15.6 Å². The van der Waals surface area contributed by atoms with E-state index in [1.807, 2.05) is 12.1 Å². The van der Waals surface area contributed by atoms with Gasteiger partial charge in [-0.2, -0.15) is 0 Å². The van der Waals surface area contributed by atoms with E-state index in [2.05, 4.69) is 10.6 Å². The highest BCUT2D eigenvalue weighted by atomic mass is 35.5. The molecule has 1 aliphatic rings. The number of para-hydroxylation sites is 1. The number of hydrogen-bond acceptors (Lipinski definition) is 8. The summed E-state index contributed by atoms with van der Waals surface area (Å²) >= 11 is 6.13. The molecule has 1 atom stereocenters. The first-order chi connectivity index (χ1) is 20.3. The highest BCUT2D eigenvalue weighted by molar-refractivity contribution is 6.33. The van der Waals surface area contributed by atoms with E-state index in [0.29, 0.717) is 39.9 Å². The number of nitrogens with one attached hydrogen (secondary N) is 2. The molecule has 3 aromatic rings. The number of fused-ring (bicyclic) bond motifs is 1. The number of likely N-dealkylation sites (N-methyl/N-ethyl adjacent to an activating group) is 1. The fraction of sp³-hybridized carbons (Fsp3) is 0.267. The van der Waals surface area contributed by atoms with Gasteiger partial charge in [0.2, 0.25) is 5.91 Å². The van der Waals surface area contributed by atoms with Gasteiger partial charge in [-0.15, -0.1) is 0 Å². The van der Waals surface area contributed by atoms with E-state index in [9.17, 15) is 24.3 Å². The van der Waals surface area contributed by atoms with Crippen LogP contribution in [-0.2, 0) is 27.3 Å². The van der Waals surface area contributed by atoms with E-state index in [1.165, 1.54) is 4.90 Å². The predicted molar refractivity (Wildman–Crippen MR) is 166 cm³/mol. The number of rotatable bonds is 9. The molecule has 0 saturated heterocycles. The Balaban J connectivity index is 1.42. The molecule has 1 unspecified atom stereocenters. The van der Waals surface area contributed by atoms with Crippen LogP contribution in [0.5, 0.6) is 0 Å². The Morgan fingerprint density at radius 3 is 2.40 bits per heavy atom. The van der Waals surface area contributed by atoms with Gasteiger partial charge in [-0.1, -0.05) is 41.9 Å². The maximum absolute atomic E-state index is 13.3. The Labute approximate surface area is 254 Å². The molecular formula is C30H34ClN7O5. The summed E-state index contributed by atoms with van der Waals surface area (Å²) in [6, 6.07) is 17.1. The number of carbonyl (C=O) groups is 4. The van der Waals surface area contributed by atoms with Crippen molar-refractivity contribution in [3.63, 3.8) is 0 Å². The van der Waals surface area contributed by atoms with Crippen LogP contribution >= 0.6 is 11.6 Å². The quantitative estimate of drug-likeness (QED) is 0.138. The van der Waals surface area contributed by atoms with Gasteiger partial charge in [0.05, 0.1) is 28.4 Å². The van der Waals surface area contributed by atoms with Crippen LogP contribution in [-0.4, -0.2) is 52.3 Å². The van der Waals surface area contributed by atoms with Crippen LogP contribution in [0.25, 0.3) is 0 Å². The molecule has 0 aromatic heterocycles. The Morgan fingerprint density at radius 2 is 1.74 bits per heavy atom. The number of urea groups is 1. The average molecular weight is 608 g/mol. The van der Waals surface area contributed by atoms with Crippen molar-refractivity contribution in [3.05, 3.63) is 82.9 Å². The number of ketones is 1. The average Bonchev–Trinajstić information content (AvgIpc) is 3.07. The molecule has 3 aromatic carbocycles. The van der Waals surface area contributed by atoms with Crippen LogP contribution in [0.2, 0.25) is 5.02 Å². The Bertz CT molecular complexity index is 1550. The van der Waals surface area contributed by atoms with Crippen LogP contribution in [0.3, 0.4) is 0 Å². The summed E-state index contributed by atoms with van der Waals surface area (Å²) < 4.78 is 0. The van der Waals surface area contributed by atoms with Gasteiger partial charge in [0.25, 0.3) is 0 Å². The van der Waals surface area contributed by atoms with Crippen molar-refractivity contribution in [2.45, 2.75) is 44.8 Å². The number of halogens is 1. The summed E-state index contributed by atoms with van der Waals surface area (Å²) in [5.41, 5.74) is 2.48. The fourth-order valence-corrected chi connectivity index (χ4v) is 4.90. The van der Waals surface area contributed by atoms with Crippen molar-refractivity contribution < 1.29 is 24.3 Å². The molecule has 0 radical (unpaired) electrons. The lowest BCUT2D eigenvalue weighted by Crippen LogP contribution is -2.51. The van der Waals surface area contributed by atoms with Crippen LogP contribution in [0, 0.1) is 0 Å². The molecule has 226 valence electrons. The Morgan fingerprint density at radius 1 is 1.07 bits per heavy atom. The van der Waals surface area contributed by atoms with Crippen LogP contribution in [0.4, 0.5) is 27.5 Å². The third-order valence-electron chi connectivity index (χ3n) is 7.16. The number of carboxylic acid groups (broad SMARTS) is 1.